The Bertz CT molecular complexity index is 1560. The SMILES string of the molecule is CCc1nc2cc(C(C)=O)cnc2n1-c1ccc(C[C@H](C)OC(=O)NS(=O)(=O)c2ccc(C)cc2)cc1. The van der Waals surface area contributed by atoms with Gasteiger partial charge in [0.25, 0.3) is 10.0 Å². The molecule has 4 rings (SSSR count). The average Bonchev–Trinajstić information content (AvgIpc) is 3.22. The molecule has 2 aromatic heterocycles. The van der Waals surface area contributed by atoms with Gasteiger partial charge in [-0.3, -0.25) is 9.36 Å². The molecule has 1 N–H and O–H groups in total. The van der Waals surface area contributed by atoms with Gasteiger partial charge in [-0.25, -0.2) is 27.9 Å². The smallest absolute Gasteiger partial charge is 0.421 e. The summed E-state index contributed by atoms with van der Waals surface area (Å²) in [6.45, 7) is 7.04. The number of imidazole rings is 1. The fourth-order valence-electron chi connectivity index (χ4n) is 3.96. The van der Waals surface area contributed by atoms with E-state index in [1.165, 1.54) is 19.1 Å². The molecule has 1 atom stereocenters. The summed E-state index contributed by atoms with van der Waals surface area (Å²) in [6, 6.07) is 15.6. The van der Waals surface area contributed by atoms with Gasteiger partial charge in [0.15, 0.2) is 11.4 Å². The molecule has 4 aromatic rings. The van der Waals surface area contributed by atoms with Crippen LogP contribution in [-0.2, 0) is 27.6 Å². The number of Topliss-reactive ketones (excluding diaryl/α,β-unsaturated/α-hetero) is 1. The molecule has 192 valence electrons. The van der Waals surface area contributed by atoms with E-state index in [0.717, 1.165) is 22.6 Å². The van der Waals surface area contributed by atoms with Crippen molar-refractivity contribution < 1.29 is 22.7 Å². The van der Waals surface area contributed by atoms with Gasteiger partial charge in [-0.2, -0.15) is 0 Å². The van der Waals surface area contributed by atoms with E-state index in [0.29, 0.717) is 29.6 Å². The lowest BCUT2D eigenvalue weighted by Gasteiger charge is -2.15. The van der Waals surface area contributed by atoms with Gasteiger partial charge < -0.3 is 4.74 Å². The summed E-state index contributed by atoms with van der Waals surface area (Å²) in [5, 5.41) is 0. The standard InChI is InChI=1S/C27H28N4O5S/c1-5-25-29-24-15-21(19(4)32)16-28-26(24)31(25)22-10-8-20(9-11-22)14-18(3)36-27(33)30-37(34,35)23-12-6-17(2)7-13-23/h6-13,15-16,18H,5,14H2,1-4H3,(H,30,33)/t18-/m0/s1. The first-order valence-corrected chi connectivity index (χ1v) is 13.3. The molecule has 10 heteroatoms. The van der Waals surface area contributed by atoms with Crippen LogP contribution >= 0.6 is 0 Å². The molecule has 2 heterocycles. The second-order valence-electron chi connectivity index (χ2n) is 8.84. The molecular weight excluding hydrogens is 492 g/mol. The summed E-state index contributed by atoms with van der Waals surface area (Å²) < 4.78 is 34.0. The summed E-state index contributed by atoms with van der Waals surface area (Å²) in [7, 11) is -4.02. The van der Waals surface area contributed by atoms with E-state index in [2.05, 4.69) is 9.97 Å². The maximum absolute atomic E-state index is 12.4. The van der Waals surface area contributed by atoms with Crippen molar-refractivity contribution >= 4 is 33.1 Å². The van der Waals surface area contributed by atoms with Crippen molar-refractivity contribution in [2.75, 3.05) is 0 Å². The Morgan fingerprint density at radius 3 is 2.38 bits per heavy atom. The topological polar surface area (TPSA) is 120 Å². The second-order valence-corrected chi connectivity index (χ2v) is 10.5. The molecule has 0 bridgehead atoms. The zero-order valence-corrected chi connectivity index (χ0v) is 21.9. The number of hydrogen-bond donors (Lipinski definition) is 1. The Morgan fingerprint density at radius 2 is 1.76 bits per heavy atom. The number of carbonyl (C=O) groups excluding carboxylic acids is 2. The number of ketones is 1. The predicted octanol–water partition coefficient (Wildman–Crippen LogP) is 4.54. The number of ether oxygens (including phenoxy) is 1. The first kappa shape index (κ1) is 26.0. The molecule has 9 nitrogen and oxygen atoms in total. The summed E-state index contributed by atoms with van der Waals surface area (Å²) in [5.74, 6) is 0.753. The van der Waals surface area contributed by atoms with Crippen molar-refractivity contribution in [1.29, 1.82) is 0 Å². The van der Waals surface area contributed by atoms with Crippen LogP contribution in [0, 0.1) is 6.92 Å². The number of rotatable bonds is 8. The normalized spacial score (nSPS) is 12.3. The van der Waals surface area contributed by atoms with Crippen molar-refractivity contribution in [3.8, 4) is 5.69 Å². The van der Waals surface area contributed by atoms with E-state index >= 15 is 0 Å². The number of nitrogens with one attached hydrogen (secondary N) is 1. The molecule has 0 aliphatic heterocycles. The first-order chi connectivity index (χ1) is 17.6. The Kier molecular flexibility index (Phi) is 7.40. The quantitative estimate of drug-likeness (QED) is 0.339. The number of fused-ring (bicyclic) bond motifs is 1. The van der Waals surface area contributed by atoms with Gasteiger partial charge in [-0.15, -0.1) is 0 Å². The lowest BCUT2D eigenvalue weighted by Crippen LogP contribution is -2.33. The fourth-order valence-corrected chi connectivity index (χ4v) is 4.84. The lowest BCUT2D eigenvalue weighted by atomic mass is 10.1. The molecule has 0 unspecified atom stereocenters. The Balaban J connectivity index is 1.44. The van der Waals surface area contributed by atoms with Crippen molar-refractivity contribution in [2.45, 2.75) is 51.5 Å². The van der Waals surface area contributed by atoms with E-state index in [4.69, 9.17) is 4.74 Å². The molecule has 0 aliphatic carbocycles. The third kappa shape index (κ3) is 5.86. The number of pyridine rings is 1. The molecule has 0 spiro atoms. The molecule has 0 saturated heterocycles. The highest BCUT2D eigenvalue weighted by Crippen LogP contribution is 2.22. The molecule has 0 radical (unpaired) electrons. The monoisotopic (exact) mass is 520 g/mol. The van der Waals surface area contributed by atoms with E-state index in [-0.39, 0.29) is 10.7 Å². The molecule has 0 fully saturated rings. The zero-order chi connectivity index (χ0) is 26.7. The minimum absolute atomic E-state index is 0.0104. The number of aromatic nitrogens is 3. The highest BCUT2D eigenvalue weighted by molar-refractivity contribution is 7.90. The van der Waals surface area contributed by atoms with Crippen LogP contribution in [0.4, 0.5) is 4.79 Å². The van der Waals surface area contributed by atoms with Crippen LogP contribution in [0.2, 0.25) is 0 Å². The van der Waals surface area contributed by atoms with Gasteiger partial charge in [0.2, 0.25) is 0 Å². The molecule has 2 aromatic carbocycles. The average molecular weight is 521 g/mol. The molecule has 0 saturated carbocycles. The number of hydrogen-bond acceptors (Lipinski definition) is 7. The van der Waals surface area contributed by atoms with Crippen LogP contribution in [0.15, 0.2) is 65.7 Å². The number of benzene rings is 2. The number of aryl methyl sites for hydroxylation is 2. The number of sulfonamides is 1. The molecule has 1 amide bonds. The van der Waals surface area contributed by atoms with Crippen molar-refractivity contribution in [2.24, 2.45) is 0 Å². The number of carbonyl (C=O) groups is 2. The minimum Gasteiger partial charge on any atom is -0.445 e. The largest absolute Gasteiger partial charge is 0.445 e. The summed E-state index contributed by atoms with van der Waals surface area (Å²) in [5.41, 5.74) is 4.51. The number of amides is 1. The third-order valence-electron chi connectivity index (χ3n) is 5.86. The fraction of sp³-hybridized carbons (Fsp3) is 0.259. The Labute approximate surface area is 215 Å². The first-order valence-electron chi connectivity index (χ1n) is 11.8. The second kappa shape index (κ2) is 10.5. The lowest BCUT2D eigenvalue weighted by molar-refractivity contribution is 0.101. The zero-order valence-electron chi connectivity index (χ0n) is 21.1. The van der Waals surface area contributed by atoms with E-state index < -0.39 is 22.2 Å². The highest BCUT2D eigenvalue weighted by atomic mass is 32.2. The van der Waals surface area contributed by atoms with Gasteiger partial charge in [-0.1, -0.05) is 36.8 Å². The Hall–Kier alpha value is -4.05. The van der Waals surface area contributed by atoms with Crippen molar-refractivity contribution in [3.05, 3.63) is 83.3 Å². The summed E-state index contributed by atoms with van der Waals surface area (Å²) >= 11 is 0. The van der Waals surface area contributed by atoms with Crippen molar-refractivity contribution in [1.82, 2.24) is 19.3 Å². The molecular formula is C27H28N4O5S. The maximum Gasteiger partial charge on any atom is 0.421 e. The minimum atomic E-state index is -4.02. The van der Waals surface area contributed by atoms with Gasteiger partial charge in [-0.05, 0) is 56.7 Å². The van der Waals surface area contributed by atoms with E-state index in [1.807, 2.05) is 47.4 Å². The van der Waals surface area contributed by atoms with Crippen LogP contribution < -0.4 is 4.72 Å². The maximum atomic E-state index is 12.4. The van der Waals surface area contributed by atoms with E-state index in [9.17, 15) is 18.0 Å². The van der Waals surface area contributed by atoms with Crippen LogP contribution in [0.5, 0.6) is 0 Å². The van der Waals surface area contributed by atoms with Crippen LogP contribution in [0.25, 0.3) is 16.9 Å². The van der Waals surface area contributed by atoms with E-state index in [1.54, 1.807) is 31.3 Å². The Morgan fingerprint density at radius 1 is 1.08 bits per heavy atom. The predicted molar refractivity (Wildman–Crippen MR) is 139 cm³/mol. The highest BCUT2D eigenvalue weighted by Gasteiger charge is 2.20. The van der Waals surface area contributed by atoms with Crippen LogP contribution in [-0.4, -0.2) is 40.9 Å². The molecule has 0 aliphatic rings. The third-order valence-corrected chi connectivity index (χ3v) is 7.19. The van der Waals surface area contributed by atoms with Crippen LogP contribution in [0.3, 0.4) is 0 Å². The van der Waals surface area contributed by atoms with Crippen LogP contribution in [0.1, 0.15) is 48.1 Å². The van der Waals surface area contributed by atoms with Gasteiger partial charge in [0, 0.05) is 30.3 Å². The summed E-state index contributed by atoms with van der Waals surface area (Å²) in [6.07, 6.45) is 1.03. The van der Waals surface area contributed by atoms with Gasteiger partial charge >= 0.3 is 6.09 Å². The molecule has 37 heavy (non-hydrogen) atoms. The van der Waals surface area contributed by atoms with Crippen molar-refractivity contribution in [3.63, 3.8) is 0 Å². The summed E-state index contributed by atoms with van der Waals surface area (Å²) in [4.78, 5) is 33.0. The van der Waals surface area contributed by atoms with Gasteiger partial charge in [0.05, 0.1) is 4.90 Å². The number of nitrogens with zero attached hydrogens (tertiary/aromatic N) is 3. The van der Waals surface area contributed by atoms with Gasteiger partial charge in [0.1, 0.15) is 17.4 Å².